The van der Waals surface area contributed by atoms with E-state index in [2.05, 4.69) is 26.0 Å². The fourth-order valence-electron chi connectivity index (χ4n) is 3.30. The number of nitrogens with zero attached hydrogens (tertiary/aromatic N) is 4. The second-order valence-corrected chi connectivity index (χ2v) is 6.46. The van der Waals surface area contributed by atoms with Gasteiger partial charge in [-0.05, 0) is 31.4 Å². The molecule has 6 nitrogen and oxygen atoms in total. The highest BCUT2D eigenvalue weighted by Gasteiger charge is 2.14. The molecule has 0 spiro atoms. The van der Waals surface area contributed by atoms with Crippen LogP contribution >= 0.6 is 0 Å². The number of rotatable bonds is 4. The van der Waals surface area contributed by atoms with Gasteiger partial charge in [0.1, 0.15) is 12.2 Å². The molecule has 0 unspecified atom stereocenters. The molecule has 3 aromatic rings. The van der Waals surface area contributed by atoms with Crippen LogP contribution in [0.5, 0.6) is 0 Å². The molecule has 0 bridgehead atoms. The standard InChI is InChI=1S/C20H21N5O/c1-2-17-16(11-21-13-22-17)20(26)23-15-8-6-14(7-9-15)18-12-25-10-4-3-5-19(25)24-18/h6-9,11-13H,2-5,10H2,1H3,(H,23,26). The SMILES string of the molecule is CCc1ncncc1C(=O)Nc1ccc(-c2cn3c(n2)CCCC3)cc1. The van der Waals surface area contributed by atoms with Gasteiger partial charge in [0.2, 0.25) is 0 Å². The van der Waals surface area contributed by atoms with Crippen LogP contribution in [0.2, 0.25) is 0 Å². The van der Waals surface area contributed by atoms with Crippen LogP contribution in [0.25, 0.3) is 11.3 Å². The number of aromatic nitrogens is 4. The Balaban J connectivity index is 1.51. The van der Waals surface area contributed by atoms with Crippen molar-refractivity contribution in [3.8, 4) is 11.3 Å². The van der Waals surface area contributed by atoms with Crippen molar-refractivity contribution in [1.29, 1.82) is 0 Å². The molecule has 26 heavy (non-hydrogen) atoms. The number of carbonyl (C=O) groups is 1. The Morgan fingerprint density at radius 3 is 2.85 bits per heavy atom. The quantitative estimate of drug-likeness (QED) is 0.784. The molecule has 3 heterocycles. The first-order valence-corrected chi connectivity index (χ1v) is 9.01. The topological polar surface area (TPSA) is 72.7 Å². The monoisotopic (exact) mass is 347 g/mol. The van der Waals surface area contributed by atoms with E-state index in [9.17, 15) is 4.79 Å². The lowest BCUT2D eigenvalue weighted by atomic mass is 10.1. The Morgan fingerprint density at radius 1 is 1.23 bits per heavy atom. The van der Waals surface area contributed by atoms with Crippen molar-refractivity contribution in [1.82, 2.24) is 19.5 Å². The summed E-state index contributed by atoms with van der Waals surface area (Å²) in [6.45, 7) is 3.02. The van der Waals surface area contributed by atoms with Gasteiger partial charge in [-0.25, -0.2) is 15.0 Å². The number of carbonyl (C=O) groups excluding carboxylic acids is 1. The first-order chi connectivity index (χ1) is 12.7. The second-order valence-electron chi connectivity index (χ2n) is 6.46. The van der Waals surface area contributed by atoms with Gasteiger partial charge in [-0.3, -0.25) is 4.79 Å². The van der Waals surface area contributed by atoms with Gasteiger partial charge < -0.3 is 9.88 Å². The van der Waals surface area contributed by atoms with Gasteiger partial charge in [-0.15, -0.1) is 0 Å². The zero-order valence-corrected chi connectivity index (χ0v) is 14.8. The lowest BCUT2D eigenvalue weighted by Gasteiger charge is -2.11. The molecule has 6 heteroatoms. The summed E-state index contributed by atoms with van der Waals surface area (Å²) in [4.78, 5) is 25.3. The normalized spacial score (nSPS) is 13.3. The third-order valence-corrected chi connectivity index (χ3v) is 4.72. The zero-order chi connectivity index (χ0) is 17.9. The first-order valence-electron chi connectivity index (χ1n) is 9.01. The smallest absolute Gasteiger partial charge is 0.259 e. The van der Waals surface area contributed by atoms with Crippen LogP contribution in [0, 0.1) is 0 Å². The molecule has 4 rings (SSSR count). The highest BCUT2D eigenvalue weighted by atomic mass is 16.1. The second kappa shape index (κ2) is 7.07. The predicted octanol–water partition coefficient (Wildman–Crippen LogP) is 3.49. The van der Waals surface area contributed by atoms with Crippen LogP contribution in [0.3, 0.4) is 0 Å². The number of benzene rings is 1. The molecule has 1 aliphatic rings. The molecule has 0 saturated heterocycles. The van der Waals surface area contributed by atoms with Crippen LogP contribution in [0.15, 0.2) is 43.0 Å². The molecule has 0 radical (unpaired) electrons. The van der Waals surface area contributed by atoms with Gasteiger partial charge in [0.25, 0.3) is 5.91 Å². The summed E-state index contributed by atoms with van der Waals surface area (Å²) in [7, 11) is 0. The van der Waals surface area contributed by atoms with Crippen molar-refractivity contribution in [2.45, 2.75) is 39.2 Å². The highest BCUT2D eigenvalue weighted by molar-refractivity contribution is 6.04. The summed E-state index contributed by atoms with van der Waals surface area (Å²) in [5.41, 5.74) is 4.05. The van der Waals surface area contributed by atoms with Crippen molar-refractivity contribution < 1.29 is 4.79 Å². The van der Waals surface area contributed by atoms with Gasteiger partial charge in [0.15, 0.2) is 0 Å². The summed E-state index contributed by atoms with van der Waals surface area (Å²) < 4.78 is 2.25. The van der Waals surface area contributed by atoms with Gasteiger partial charge in [0.05, 0.1) is 17.0 Å². The Kier molecular flexibility index (Phi) is 4.48. The number of anilines is 1. The Bertz CT molecular complexity index is 906. The van der Waals surface area contributed by atoms with E-state index in [4.69, 9.17) is 4.98 Å². The number of nitrogens with one attached hydrogen (secondary N) is 1. The fourth-order valence-corrected chi connectivity index (χ4v) is 3.30. The summed E-state index contributed by atoms with van der Waals surface area (Å²) in [5.74, 6) is 0.979. The van der Waals surface area contributed by atoms with E-state index >= 15 is 0 Å². The maximum atomic E-state index is 12.5. The van der Waals surface area contributed by atoms with E-state index < -0.39 is 0 Å². The molecule has 1 aromatic carbocycles. The number of fused-ring (bicyclic) bond motifs is 1. The van der Waals surface area contributed by atoms with Crippen molar-refractivity contribution in [3.63, 3.8) is 0 Å². The largest absolute Gasteiger partial charge is 0.334 e. The fraction of sp³-hybridized carbons (Fsp3) is 0.300. The van der Waals surface area contributed by atoms with E-state index in [0.717, 1.165) is 35.6 Å². The number of imidazole rings is 1. The van der Waals surface area contributed by atoms with Gasteiger partial charge in [-0.2, -0.15) is 0 Å². The minimum atomic E-state index is -0.187. The molecular formula is C20H21N5O. The van der Waals surface area contributed by atoms with Crippen molar-refractivity contribution in [3.05, 3.63) is 60.1 Å². The third-order valence-electron chi connectivity index (χ3n) is 4.72. The van der Waals surface area contributed by atoms with Gasteiger partial charge >= 0.3 is 0 Å². The molecule has 0 aliphatic carbocycles. The number of aryl methyl sites for hydroxylation is 3. The van der Waals surface area contributed by atoms with E-state index in [-0.39, 0.29) is 5.91 Å². The summed E-state index contributed by atoms with van der Waals surface area (Å²) >= 11 is 0. The molecule has 2 aromatic heterocycles. The highest BCUT2D eigenvalue weighted by Crippen LogP contribution is 2.24. The van der Waals surface area contributed by atoms with E-state index in [1.165, 1.54) is 25.0 Å². The van der Waals surface area contributed by atoms with Crippen LogP contribution in [0.1, 0.15) is 41.6 Å². The Labute approximate surface area is 152 Å². The summed E-state index contributed by atoms with van der Waals surface area (Å²) in [6.07, 6.45) is 9.32. The molecule has 1 amide bonds. The molecule has 132 valence electrons. The van der Waals surface area contributed by atoms with Crippen molar-refractivity contribution >= 4 is 11.6 Å². The van der Waals surface area contributed by atoms with E-state index in [1.54, 1.807) is 6.20 Å². The predicted molar refractivity (Wildman–Crippen MR) is 100.0 cm³/mol. The molecular weight excluding hydrogens is 326 g/mol. The Morgan fingerprint density at radius 2 is 2.08 bits per heavy atom. The minimum Gasteiger partial charge on any atom is -0.334 e. The van der Waals surface area contributed by atoms with Crippen LogP contribution < -0.4 is 5.32 Å². The third kappa shape index (κ3) is 3.22. The lowest BCUT2D eigenvalue weighted by molar-refractivity contribution is 0.102. The molecule has 0 atom stereocenters. The minimum absolute atomic E-state index is 0.187. The van der Waals surface area contributed by atoms with E-state index in [1.807, 2.05) is 31.2 Å². The Hall–Kier alpha value is -3.02. The maximum Gasteiger partial charge on any atom is 0.259 e. The van der Waals surface area contributed by atoms with E-state index in [0.29, 0.717) is 12.0 Å². The summed E-state index contributed by atoms with van der Waals surface area (Å²) in [5, 5.41) is 2.92. The van der Waals surface area contributed by atoms with Gasteiger partial charge in [-0.1, -0.05) is 19.1 Å². The molecule has 1 N–H and O–H groups in total. The van der Waals surface area contributed by atoms with Crippen LogP contribution in [-0.2, 0) is 19.4 Å². The number of hydrogen-bond donors (Lipinski definition) is 1. The number of amides is 1. The van der Waals surface area contributed by atoms with Crippen molar-refractivity contribution in [2.24, 2.45) is 0 Å². The molecule has 0 saturated carbocycles. The zero-order valence-electron chi connectivity index (χ0n) is 14.8. The summed E-state index contributed by atoms with van der Waals surface area (Å²) in [6, 6.07) is 7.79. The molecule has 1 aliphatic heterocycles. The average Bonchev–Trinajstić information content (AvgIpc) is 3.12. The average molecular weight is 347 g/mol. The lowest BCUT2D eigenvalue weighted by Crippen LogP contribution is -2.15. The number of hydrogen-bond acceptors (Lipinski definition) is 4. The van der Waals surface area contributed by atoms with Crippen LogP contribution in [0.4, 0.5) is 5.69 Å². The van der Waals surface area contributed by atoms with Crippen LogP contribution in [-0.4, -0.2) is 25.4 Å². The van der Waals surface area contributed by atoms with Crippen molar-refractivity contribution in [2.75, 3.05) is 5.32 Å². The first kappa shape index (κ1) is 16.4. The van der Waals surface area contributed by atoms with Gasteiger partial charge in [0, 0.05) is 36.6 Å². The molecule has 0 fully saturated rings. The maximum absolute atomic E-state index is 12.5.